The number of hydrogen-bond acceptors (Lipinski definition) is 3. The first-order chi connectivity index (χ1) is 11.7. The average molecular weight is 340 g/mol. The molecule has 134 valence electrons. The van der Waals surface area contributed by atoms with Gasteiger partial charge in [-0.25, -0.2) is 4.79 Å². The summed E-state index contributed by atoms with van der Waals surface area (Å²) in [6.45, 7) is 12.3. The molecule has 0 unspecified atom stereocenters. The van der Waals surface area contributed by atoms with Crippen LogP contribution < -0.4 is 0 Å². The van der Waals surface area contributed by atoms with E-state index in [1.54, 1.807) is 6.92 Å². The van der Waals surface area contributed by atoms with E-state index in [0.717, 1.165) is 22.3 Å². The predicted octanol–water partition coefficient (Wildman–Crippen LogP) is 5.40. The van der Waals surface area contributed by atoms with Crippen LogP contribution >= 0.6 is 0 Å². The summed E-state index contributed by atoms with van der Waals surface area (Å²) in [7, 11) is 0. The third-order valence-corrected chi connectivity index (χ3v) is 4.47. The second-order valence-electron chi connectivity index (χ2n) is 7.27. The Morgan fingerprint density at radius 2 is 1.72 bits per heavy atom. The molecule has 1 N–H and O–H groups in total. The fourth-order valence-electron chi connectivity index (χ4n) is 3.57. The van der Waals surface area contributed by atoms with Crippen LogP contribution in [0, 0.1) is 6.92 Å². The summed E-state index contributed by atoms with van der Waals surface area (Å²) in [5.74, 6) is -0.160. The zero-order valence-electron chi connectivity index (χ0n) is 16.1. The number of benzene rings is 2. The van der Waals surface area contributed by atoms with Gasteiger partial charge in [0.2, 0.25) is 0 Å². The number of phenols is 1. The van der Waals surface area contributed by atoms with Crippen LogP contribution in [0.1, 0.15) is 61.7 Å². The Morgan fingerprint density at radius 1 is 1.12 bits per heavy atom. The number of aromatic hydroxyl groups is 1. The van der Waals surface area contributed by atoms with E-state index in [2.05, 4.69) is 20.8 Å². The van der Waals surface area contributed by atoms with Gasteiger partial charge in [0, 0.05) is 11.1 Å². The fourth-order valence-corrected chi connectivity index (χ4v) is 3.57. The maximum atomic E-state index is 12.8. The number of ether oxygens (including phenoxy) is 1. The van der Waals surface area contributed by atoms with Crippen LogP contribution in [0.15, 0.2) is 30.3 Å². The Labute approximate surface area is 150 Å². The topological polar surface area (TPSA) is 46.5 Å². The van der Waals surface area contributed by atoms with Gasteiger partial charge in [-0.1, -0.05) is 58.0 Å². The predicted molar refractivity (Wildman–Crippen MR) is 102 cm³/mol. The number of hydrogen-bond donors (Lipinski definition) is 1. The van der Waals surface area contributed by atoms with Crippen molar-refractivity contribution in [2.24, 2.45) is 0 Å². The smallest absolute Gasteiger partial charge is 0.339 e. The Bertz CT molecular complexity index is 768. The van der Waals surface area contributed by atoms with Crippen LogP contribution in [-0.2, 0) is 16.6 Å². The van der Waals surface area contributed by atoms with Crippen LogP contribution in [0.3, 0.4) is 0 Å². The van der Waals surface area contributed by atoms with E-state index >= 15 is 0 Å². The second kappa shape index (κ2) is 7.30. The minimum Gasteiger partial charge on any atom is -0.507 e. The highest BCUT2D eigenvalue weighted by molar-refractivity contribution is 6.01. The van der Waals surface area contributed by atoms with Crippen LogP contribution in [0.4, 0.5) is 0 Å². The molecule has 0 atom stereocenters. The van der Waals surface area contributed by atoms with Gasteiger partial charge in [-0.3, -0.25) is 0 Å². The molecule has 2 aromatic carbocycles. The van der Waals surface area contributed by atoms with Gasteiger partial charge in [-0.2, -0.15) is 0 Å². The number of esters is 1. The van der Waals surface area contributed by atoms with Crippen molar-refractivity contribution in [2.45, 2.75) is 53.4 Å². The molecule has 0 aliphatic carbocycles. The quantitative estimate of drug-likeness (QED) is 0.758. The van der Waals surface area contributed by atoms with Crippen LogP contribution in [0.25, 0.3) is 11.1 Å². The van der Waals surface area contributed by atoms with Crippen molar-refractivity contribution in [3.63, 3.8) is 0 Å². The van der Waals surface area contributed by atoms with Gasteiger partial charge in [-0.05, 0) is 42.4 Å². The van der Waals surface area contributed by atoms with E-state index < -0.39 is 0 Å². The minimum absolute atomic E-state index is 0.218. The summed E-state index contributed by atoms with van der Waals surface area (Å²) in [4.78, 5) is 12.8. The first-order valence-corrected chi connectivity index (χ1v) is 8.85. The van der Waals surface area contributed by atoms with E-state index in [9.17, 15) is 9.90 Å². The maximum Gasteiger partial charge on any atom is 0.339 e. The molecule has 0 aromatic heterocycles. The van der Waals surface area contributed by atoms with Gasteiger partial charge in [0.05, 0.1) is 12.2 Å². The van der Waals surface area contributed by atoms with E-state index in [0.29, 0.717) is 24.2 Å². The maximum absolute atomic E-state index is 12.8. The lowest BCUT2D eigenvalue weighted by molar-refractivity contribution is 0.0525. The van der Waals surface area contributed by atoms with Crippen molar-refractivity contribution in [3.8, 4) is 16.9 Å². The molecule has 0 saturated heterocycles. The molecule has 0 amide bonds. The second-order valence-corrected chi connectivity index (χ2v) is 7.27. The molecule has 0 aliphatic rings. The van der Waals surface area contributed by atoms with Crippen molar-refractivity contribution < 1.29 is 14.6 Å². The number of rotatable bonds is 4. The largest absolute Gasteiger partial charge is 0.507 e. The molecule has 3 nitrogen and oxygen atoms in total. The number of carbonyl (C=O) groups is 1. The molecule has 25 heavy (non-hydrogen) atoms. The third kappa shape index (κ3) is 3.55. The Hall–Kier alpha value is -2.29. The van der Waals surface area contributed by atoms with Crippen LogP contribution in [-0.4, -0.2) is 17.7 Å². The van der Waals surface area contributed by atoms with Gasteiger partial charge in [0.1, 0.15) is 5.75 Å². The Kier molecular flexibility index (Phi) is 5.56. The summed E-state index contributed by atoms with van der Waals surface area (Å²) in [6, 6.07) is 9.86. The molecule has 0 aliphatic heterocycles. The minimum atomic E-state index is -0.378. The summed E-state index contributed by atoms with van der Waals surface area (Å²) in [5.41, 5.74) is 4.54. The van der Waals surface area contributed by atoms with Crippen LogP contribution in [0.5, 0.6) is 5.75 Å². The lowest BCUT2D eigenvalue weighted by atomic mass is 9.77. The molecule has 0 heterocycles. The SMILES string of the molecule is CCOC(=O)c1c(CC)c(O)c(C(C)(C)C)c(C)c1-c1ccccc1. The van der Waals surface area contributed by atoms with Crippen molar-refractivity contribution in [2.75, 3.05) is 6.61 Å². The van der Waals surface area contributed by atoms with Crippen molar-refractivity contribution >= 4 is 5.97 Å². The van der Waals surface area contributed by atoms with Gasteiger partial charge < -0.3 is 9.84 Å². The zero-order chi connectivity index (χ0) is 18.8. The van der Waals surface area contributed by atoms with E-state index in [-0.39, 0.29) is 17.1 Å². The molecular weight excluding hydrogens is 312 g/mol. The molecule has 3 heteroatoms. The van der Waals surface area contributed by atoms with Gasteiger partial charge in [0.15, 0.2) is 0 Å². The van der Waals surface area contributed by atoms with Gasteiger partial charge in [-0.15, -0.1) is 0 Å². The highest BCUT2D eigenvalue weighted by Gasteiger charge is 2.31. The fraction of sp³-hybridized carbons (Fsp3) is 0.409. The van der Waals surface area contributed by atoms with E-state index in [1.807, 2.05) is 44.2 Å². The molecule has 2 aromatic rings. The molecular formula is C22H28O3. The highest BCUT2D eigenvalue weighted by atomic mass is 16.5. The van der Waals surface area contributed by atoms with Gasteiger partial charge >= 0.3 is 5.97 Å². The van der Waals surface area contributed by atoms with E-state index in [4.69, 9.17) is 4.74 Å². The lowest BCUT2D eigenvalue weighted by Crippen LogP contribution is -2.19. The molecule has 0 saturated carbocycles. The number of phenolic OH excluding ortho intramolecular Hbond substituents is 1. The van der Waals surface area contributed by atoms with Crippen molar-refractivity contribution in [1.82, 2.24) is 0 Å². The Balaban J connectivity index is 2.97. The molecule has 0 bridgehead atoms. The summed E-state index contributed by atoms with van der Waals surface area (Å²) >= 11 is 0. The molecule has 2 rings (SSSR count). The lowest BCUT2D eigenvalue weighted by Gasteiger charge is -2.28. The zero-order valence-corrected chi connectivity index (χ0v) is 16.1. The Morgan fingerprint density at radius 3 is 2.20 bits per heavy atom. The summed E-state index contributed by atoms with van der Waals surface area (Å²) in [5, 5.41) is 11.0. The standard InChI is InChI=1S/C22H28O3/c1-7-16-18(21(24)25-8-2)17(15-12-10-9-11-13-15)14(3)19(20(16)23)22(4,5)6/h9-13,23H,7-8H2,1-6H3. The first kappa shape index (κ1) is 19.0. The first-order valence-electron chi connectivity index (χ1n) is 8.85. The third-order valence-electron chi connectivity index (χ3n) is 4.47. The summed E-state index contributed by atoms with van der Waals surface area (Å²) < 4.78 is 5.32. The summed E-state index contributed by atoms with van der Waals surface area (Å²) in [6.07, 6.45) is 0.559. The molecule has 0 spiro atoms. The number of carbonyl (C=O) groups excluding carboxylic acids is 1. The molecule has 0 fully saturated rings. The van der Waals surface area contributed by atoms with Crippen LogP contribution in [0.2, 0.25) is 0 Å². The van der Waals surface area contributed by atoms with Gasteiger partial charge in [0.25, 0.3) is 0 Å². The van der Waals surface area contributed by atoms with Crippen molar-refractivity contribution in [1.29, 1.82) is 0 Å². The normalized spacial score (nSPS) is 11.4. The molecule has 0 radical (unpaired) electrons. The monoisotopic (exact) mass is 340 g/mol. The van der Waals surface area contributed by atoms with E-state index in [1.165, 1.54) is 0 Å². The highest BCUT2D eigenvalue weighted by Crippen LogP contribution is 2.44. The average Bonchev–Trinajstić information content (AvgIpc) is 2.54. The van der Waals surface area contributed by atoms with Crippen molar-refractivity contribution in [3.05, 3.63) is 52.6 Å².